The minimum absolute atomic E-state index is 0.0937. The summed E-state index contributed by atoms with van der Waals surface area (Å²) in [6.45, 7) is 12.1. The highest BCUT2D eigenvalue weighted by Crippen LogP contribution is 2.87. The Balaban J connectivity index is 0.977. The van der Waals surface area contributed by atoms with Gasteiger partial charge in [-0.2, -0.15) is 0 Å². The topological polar surface area (TPSA) is 75.7 Å². The third-order valence-electron chi connectivity index (χ3n) is 15.0. The molecule has 2 aliphatic heterocycles. The van der Waals surface area contributed by atoms with Gasteiger partial charge in [-0.1, -0.05) is 69.7 Å². The molecule has 2 spiro atoms. The number of allylic oxidation sites excluding steroid dienone is 2. The van der Waals surface area contributed by atoms with E-state index < -0.39 is 10.0 Å². The lowest BCUT2D eigenvalue weighted by Gasteiger charge is -2.50. The smallest absolute Gasteiger partial charge is 0.211 e. The molecule has 45 heavy (non-hydrogen) atoms. The number of nitrogens with zero attached hydrogens (tertiary/aromatic N) is 1. The van der Waals surface area contributed by atoms with Gasteiger partial charge >= 0.3 is 0 Å². The molecule has 0 radical (unpaired) electrons. The summed E-state index contributed by atoms with van der Waals surface area (Å²) >= 11 is 0. The van der Waals surface area contributed by atoms with E-state index in [-0.39, 0.29) is 28.3 Å². The summed E-state index contributed by atoms with van der Waals surface area (Å²) in [5.41, 5.74) is 3.20. The second-order valence-electron chi connectivity index (χ2n) is 17.0. The maximum absolute atomic E-state index is 12.9. The van der Waals surface area contributed by atoms with Crippen LogP contribution in [0.4, 0.5) is 0 Å². The fraction of sp³-hybridized carbons (Fsp3) is 0.763. The number of ether oxygens (including phenoxy) is 1. The van der Waals surface area contributed by atoms with Crippen molar-refractivity contribution in [1.82, 2.24) is 9.62 Å². The van der Waals surface area contributed by atoms with Gasteiger partial charge in [0.25, 0.3) is 0 Å². The van der Waals surface area contributed by atoms with Crippen LogP contribution in [0, 0.1) is 45.8 Å². The molecule has 1 aromatic rings. The van der Waals surface area contributed by atoms with Crippen molar-refractivity contribution >= 4 is 15.8 Å². The van der Waals surface area contributed by atoms with Gasteiger partial charge < -0.3 is 4.74 Å². The molecule has 7 aliphatic rings. The first kappa shape index (κ1) is 30.8. The molecule has 6 fully saturated rings. The van der Waals surface area contributed by atoms with Gasteiger partial charge in [-0.15, -0.1) is 0 Å². The number of likely N-dealkylation sites (tertiary alicyclic amines) is 1. The normalized spacial score (nSPS) is 47.0. The van der Waals surface area contributed by atoms with E-state index in [0.29, 0.717) is 54.4 Å². The van der Waals surface area contributed by atoms with E-state index in [1.54, 1.807) is 0 Å². The summed E-state index contributed by atoms with van der Waals surface area (Å²) in [7, 11) is -3.34. The molecular formula is C38H54N2O4S. The van der Waals surface area contributed by atoms with Crippen LogP contribution < -0.4 is 4.72 Å². The zero-order valence-electron chi connectivity index (χ0n) is 27.9. The number of rotatable bonds is 7. The Morgan fingerprint density at radius 1 is 1.09 bits per heavy atom. The van der Waals surface area contributed by atoms with E-state index >= 15 is 0 Å². The average Bonchev–Trinajstić information content (AvgIpc) is 3.35. The summed E-state index contributed by atoms with van der Waals surface area (Å²) in [6, 6.07) is 10.2. The Morgan fingerprint density at radius 3 is 2.69 bits per heavy atom. The summed E-state index contributed by atoms with van der Waals surface area (Å²) in [5, 5.41) is 0. The number of sulfonamides is 1. The third kappa shape index (κ3) is 4.49. The molecule has 246 valence electrons. The first-order valence-corrected chi connectivity index (χ1v) is 19.7. The van der Waals surface area contributed by atoms with Gasteiger partial charge in [0.05, 0.1) is 17.5 Å². The van der Waals surface area contributed by atoms with Crippen molar-refractivity contribution in [2.75, 3.05) is 25.4 Å². The number of benzene rings is 1. The number of hydrogen-bond donors (Lipinski definition) is 1. The highest BCUT2D eigenvalue weighted by Gasteiger charge is 2.84. The Kier molecular flexibility index (Phi) is 7.17. The zero-order valence-corrected chi connectivity index (χ0v) is 28.7. The molecule has 4 saturated carbocycles. The van der Waals surface area contributed by atoms with Crippen molar-refractivity contribution in [3.63, 3.8) is 0 Å². The number of piperidine rings is 1. The Hall–Kier alpha value is -1.54. The Bertz CT molecular complexity index is 1490. The van der Waals surface area contributed by atoms with E-state index in [0.717, 1.165) is 56.2 Å². The molecule has 0 bridgehead atoms. The molecule has 1 N–H and O–H groups in total. The lowest BCUT2D eigenvalue weighted by Crippen LogP contribution is -2.55. The van der Waals surface area contributed by atoms with Crippen molar-refractivity contribution in [3.8, 4) is 0 Å². The van der Waals surface area contributed by atoms with Crippen LogP contribution in [0.3, 0.4) is 0 Å². The van der Waals surface area contributed by atoms with E-state index in [1.165, 1.54) is 31.3 Å². The second-order valence-corrected chi connectivity index (χ2v) is 18.9. The quantitative estimate of drug-likeness (QED) is 0.364. The van der Waals surface area contributed by atoms with Gasteiger partial charge in [0.2, 0.25) is 10.0 Å². The largest absolute Gasteiger partial charge is 0.369 e. The lowest BCUT2D eigenvalue weighted by atomic mass is 9.56. The van der Waals surface area contributed by atoms with Crippen LogP contribution in [0.2, 0.25) is 0 Å². The van der Waals surface area contributed by atoms with Crippen LogP contribution in [0.1, 0.15) is 91.0 Å². The Labute approximate surface area is 271 Å². The number of nitrogens with one attached hydrogen (secondary N) is 1. The molecule has 2 unspecified atom stereocenters. The van der Waals surface area contributed by atoms with Crippen molar-refractivity contribution in [2.45, 2.75) is 110 Å². The summed E-state index contributed by atoms with van der Waals surface area (Å²) in [6.07, 6.45) is 13.1. The van der Waals surface area contributed by atoms with E-state index in [1.807, 2.05) is 30.3 Å². The number of hydrogen-bond acceptors (Lipinski definition) is 5. The van der Waals surface area contributed by atoms with Crippen LogP contribution in [0.5, 0.6) is 0 Å². The molecule has 5 aliphatic carbocycles. The van der Waals surface area contributed by atoms with Gasteiger partial charge in [0, 0.05) is 49.9 Å². The summed E-state index contributed by atoms with van der Waals surface area (Å²) in [4.78, 5) is 15.0. The molecule has 2 heterocycles. The molecule has 11 atom stereocenters. The van der Waals surface area contributed by atoms with Crippen LogP contribution >= 0.6 is 0 Å². The molecule has 1 aromatic carbocycles. The molecule has 8 rings (SSSR count). The van der Waals surface area contributed by atoms with E-state index in [9.17, 15) is 13.2 Å². The van der Waals surface area contributed by atoms with Gasteiger partial charge in [0.1, 0.15) is 5.78 Å². The lowest BCUT2D eigenvalue weighted by molar-refractivity contribution is -0.148. The highest BCUT2D eigenvalue weighted by atomic mass is 32.2. The van der Waals surface area contributed by atoms with Crippen molar-refractivity contribution in [1.29, 1.82) is 0 Å². The van der Waals surface area contributed by atoms with Crippen LogP contribution in [-0.4, -0.2) is 62.2 Å². The fourth-order valence-corrected chi connectivity index (χ4v) is 13.9. The molecule has 2 saturated heterocycles. The first-order valence-electron chi connectivity index (χ1n) is 18.1. The number of carbonyl (C=O) groups excluding carboxylic acids is 1. The van der Waals surface area contributed by atoms with Crippen molar-refractivity contribution in [2.24, 2.45) is 45.8 Å². The van der Waals surface area contributed by atoms with Crippen LogP contribution in [0.25, 0.3) is 0 Å². The zero-order chi connectivity index (χ0) is 31.4. The van der Waals surface area contributed by atoms with Gasteiger partial charge in [0.15, 0.2) is 0 Å². The fourth-order valence-electron chi connectivity index (χ4n) is 12.9. The average molecular weight is 635 g/mol. The van der Waals surface area contributed by atoms with Crippen molar-refractivity contribution in [3.05, 3.63) is 47.5 Å². The predicted octanol–water partition coefficient (Wildman–Crippen LogP) is 6.16. The minimum atomic E-state index is -3.34. The van der Waals surface area contributed by atoms with Crippen LogP contribution in [-0.2, 0) is 26.0 Å². The maximum Gasteiger partial charge on any atom is 0.211 e. The monoisotopic (exact) mass is 634 g/mol. The van der Waals surface area contributed by atoms with Gasteiger partial charge in [-0.05, 0) is 91.4 Å². The highest BCUT2D eigenvalue weighted by molar-refractivity contribution is 7.89. The second kappa shape index (κ2) is 10.5. The van der Waals surface area contributed by atoms with Crippen LogP contribution in [0.15, 0.2) is 42.0 Å². The number of fused-ring (bicyclic) bond motifs is 6. The summed E-state index contributed by atoms with van der Waals surface area (Å²) < 4.78 is 36.2. The third-order valence-corrected chi connectivity index (χ3v) is 16.4. The number of ketones is 1. The van der Waals surface area contributed by atoms with Gasteiger partial charge in [-0.3, -0.25) is 9.69 Å². The first-order chi connectivity index (χ1) is 21.4. The molecule has 0 aromatic heterocycles. The minimum Gasteiger partial charge on any atom is -0.369 e. The molecule has 0 amide bonds. The maximum atomic E-state index is 12.9. The summed E-state index contributed by atoms with van der Waals surface area (Å²) in [5.74, 6) is 3.77. The number of Topliss-reactive ketones (excluding diaryl/α,β-unsaturated/α-hetero) is 1. The van der Waals surface area contributed by atoms with E-state index in [4.69, 9.17) is 4.74 Å². The molecule has 7 heteroatoms. The Morgan fingerprint density at radius 2 is 1.89 bits per heavy atom. The molecule has 6 nitrogen and oxygen atoms in total. The van der Waals surface area contributed by atoms with Crippen molar-refractivity contribution < 1.29 is 17.9 Å². The SMILES string of the molecule is C[C@H]1C[C@H]2O[C@]3(CC[C@H]4[C@@H]5CC=C6CC(=O)CC[C@]6(C)[C@H]5CC45CC53C)[C@H](C)[C@@H]2N(CCNS(=O)(=O)CCc2ccccc2)C1. The van der Waals surface area contributed by atoms with E-state index in [2.05, 4.69) is 43.4 Å². The molecular weight excluding hydrogens is 580 g/mol. The predicted molar refractivity (Wildman–Crippen MR) is 177 cm³/mol. The standard InChI is InChI=1S/C38H54N2O4S/c1-25-20-33-34(40(23-25)18-17-39-45(42,43)19-14-27-8-6-5-7-9-27)26(2)38(44-33)16-13-31-30-11-10-28-21-29(41)12-15-35(28,3)32(30)22-37(31)24-36(37,38)4/h5-10,25-26,30-34,39H,11-24H2,1-4H3/t25-,26+,30-,31-,32-,33+,34-,35-,36?,37?,38+/m0/s1. The van der Waals surface area contributed by atoms with Gasteiger partial charge in [-0.25, -0.2) is 13.1 Å². The number of carbonyl (C=O) groups is 1. The number of aryl methyl sites for hydroxylation is 1.